The second kappa shape index (κ2) is 8.65. The molecule has 1 amide bonds. The molecule has 4 rings (SSSR count). The second-order valence-electron chi connectivity index (χ2n) is 8.51. The number of carbonyl (C=O) groups is 2. The molecule has 7 heteroatoms. The van der Waals surface area contributed by atoms with Crippen LogP contribution in [0, 0.1) is 5.82 Å². The van der Waals surface area contributed by atoms with Gasteiger partial charge in [-0.1, -0.05) is 48.5 Å². The first-order chi connectivity index (χ1) is 15.7. The standard InChI is InChI=1S/C26H25FN2O4/c1-16(2)29(26(3,24(30)31)23-13-12-17(27)14-28-23)25(32)33-15-22-20-10-6-4-8-18(20)19-9-5-7-11-21(19)22/h4-14,16,22H,15H2,1-3H3,(H,30,31). The summed E-state index contributed by atoms with van der Waals surface area (Å²) in [4.78, 5) is 30.7. The zero-order chi connectivity index (χ0) is 23.8. The van der Waals surface area contributed by atoms with E-state index in [1.807, 2.05) is 48.5 Å². The Morgan fingerprint density at radius 2 is 1.64 bits per heavy atom. The lowest BCUT2D eigenvalue weighted by Gasteiger charge is -2.39. The third kappa shape index (κ3) is 3.84. The van der Waals surface area contributed by atoms with Crippen molar-refractivity contribution in [2.75, 3.05) is 6.61 Å². The van der Waals surface area contributed by atoms with Crippen molar-refractivity contribution < 1.29 is 23.8 Å². The van der Waals surface area contributed by atoms with Crippen molar-refractivity contribution in [2.45, 2.75) is 38.3 Å². The highest BCUT2D eigenvalue weighted by atomic mass is 19.1. The van der Waals surface area contributed by atoms with Gasteiger partial charge in [-0.2, -0.15) is 0 Å². The molecule has 0 fully saturated rings. The molecule has 1 unspecified atom stereocenters. The Morgan fingerprint density at radius 3 is 2.12 bits per heavy atom. The van der Waals surface area contributed by atoms with E-state index in [9.17, 15) is 19.1 Å². The SMILES string of the molecule is CC(C)N(C(=O)OCC1c2ccccc2-c2ccccc21)C(C)(C(=O)O)c1ccc(F)cn1. The number of amides is 1. The van der Waals surface area contributed by atoms with Gasteiger partial charge in [0, 0.05) is 12.0 Å². The number of carboxylic acid groups (broad SMARTS) is 1. The van der Waals surface area contributed by atoms with Gasteiger partial charge in [-0.3, -0.25) is 9.88 Å². The molecule has 1 aliphatic rings. The predicted octanol–water partition coefficient (Wildman–Crippen LogP) is 5.18. The first kappa shape index (κ1) is 22.5. The fraction of sp³-hybridized carbons (Fsp3) is 0.269. The van der Waals surface area contributed by atoms with Crippen LogP contribution in [0.15, 0.2) is 66.9 Å². The van der Waals surface area contributed by atoms with Gasteiger partial charge in [0.1, 0.15) is 12.4 Å². The van der Waals surface area contributed by atoms with Gasteiger partial charge in [-0.25, -0.2) is 14.0 Å². The molecule has 33 heavy (non-hydrogen) atoms. The maximum atomic E-state index is 13.4. The molecule has 0 radical (unpaired) electrons. The largest absolute Gasteiger partial charge is 0.479 e. The minimum atomic E-state index is -1.84. The average molecular weight is 448 g/mol. The van der Waals surface area contributed by atoms with Crippen LogP contribution in [0.25, 0.3) is 11.1 Å². The fourth-order valence-corrected chi connectivity index (χ4v) is 4.57. The number of carboxylic acids is 1. The Kier molecular flexibility index (Phi) is 5.89. The van der Waals surface area contributed by atoms with Crippen molar-refractivity contribution in [3.63, 3.8) is 0 Å². The molecule has 3 aromatic rings. The van der Waals surface area contributed by atoms with Gasteiger partial charge in [0.2, 0.25) is 0 Å². The molecular weight excluding hydrogens is 423 g/mol. The molecule has 1 aliphatic carbocycles. The van der Waals surface area contributed by atoms with E-state index < -0.39 is 29.5 Å². The van der Waals surface area contributed by atoms with Crippen LogP contribution >= 0.6 is 0 Å². The molecule has 2 aromatic carbocycles. The highest BCUT2D eigenvalue weighted by Gasteiger charge is 2.48. The van der Waals surface area contributed by atoms with Crippen molar-refractivity contribution >= 4 is 12.1 Å². The quantitative estimate of drug-likeness (QED) is 0.562. The highest BCUT2D eigenvalue weighted by molar-refractivity contribution is 5.85. The number of carbonyl (C=O) groups excluding carboxylic acids is 1. The number of ether oxygens (including phenoxy) is 1. The minimum Gasteiger partial charge on any atom is -0.479 e. The molecule has 1 heterocycles. The van der Waals surface area contributed by atoms with Crippen molar-refractivity contribution in [1.82, 2.24) is 9.88 Å². The zero-order valence-electron chi connectivity index (χ0n) is 18.7. The van der Waals surface area contributed by atoms with Crippen LogP contribution in [0.1, 0.15) is 43.5 Å². The molecule has 6 nitrogen and oxygen atoms in total. The van der Waals surface area contributed by atoms with Crippen LogP contribution in [0.5, 0.6) is 0 Å². The van der Waals surface area contributed by atoms with Crippen LogP contribution in [0.3, 0.4) is 0 Å². The maximum Gasteiger partial charge on any atom is 0.411 e. The summed E-state index contributed by atoms with van der Waals surface area (Å²) in [5.41, 5.74) is 2.51. The topological polar surface area (TPSA) is 79.7 Å². The zero-order valence-corrected chi connectivity index (χ0v) is 18.7. The van der Waals surface area contributed by atoms with Gasteiger partial charge in [0.05, 0.1) is 11.9 Å². The third-order valence-electron chi connectivity index (χ3n) is 6.17. The Balaban J connectivity index is 1.64. The maximum absolute atomic E-state index is 13.4. The van der Waals surface area contributed by atoms with E-state index in [1.165, 1.54) is 13.0 Å². The molecule has 1 atom stereocenters. The summed E-state index contributed by atoms with van der Waals surface area (Å²) in [7, 11) is 0. The predicted molar refractivity (Wildman–Crippen MR) is 121 cm³/mol. The van der Waals surface area contributed by atoms with Gasteiger partial charge >= 0.3 is 12.1 Å². The van der Waals surface area contributed by atoms with Crippen molar-refractivity contribution in [2.24, 2.45) is 0 Å². The number of benzene rings is 2. The fourth-order valence-electron chi connectivity index (χ4n) is 4.57. The number of hydrogen-bond donors (Lipinski definition) is 1. The number of halogens is 1. The van der Waals surface area contributed by atoms with Gasteiger partial charge in [0.15, 0.2) is 5.54 Å². The monoisotopic (exact) mass is 448 g/mol. The van der Waals surface area contributed by atoms with E-state index in [4.69, 9.17) is 4.74 Å². The van der Waals surface area contributed by atoms with Gasteiger partial charge in [0.25, 0.3) is 0 Å². The smallest absolute Gasteiger partial charge is 0.411 e. The molecule has 0 aliphatic heterocycles. The summed E-state index contributed by atoms with van der Waals surface area (Å²) in [5, 5.41) is 10.1. The number of fused-ring (bicyclic) bond motifs is 3. The van der Waals surface area contributed by atoms with E-state index in [-0.39, 0.29) is 18.2 Å². The van der Waals surface area contributed by atoms with E-state index in [0.29, 0.717) is 0 Å². The second-order valence-corrected chi connectivity index (χ2v) is 8.51. The molecule has 0 spiro atoms. The molecule has 0 saturated heterocycles. The number of pyridine rings is 1. The average Bonchev–Trinajstić information content (AvgIpc) is 3.11. The minimum absolute atomic E-state index is 0.0404. The van der Waals surface area contributed by atoms with E-state index in [1.54, 1.807) is 13.8 Å². The Labute approximate surface area is 191 Å². The summed E-state index contributed by atoms with van der Waals surface area (Å²) in [5.74, 6) is -2.04. The number of aliphatic carboxylic acids is 1. The molecule has 1 aromatic heterocycles. The molecule has 0 saturated carbocycles. The van der Waals surface area contributed by atoms with E-state index >= 15 is 0 Å². The van der Waals surface area contributed by atoms with Crippen molar-refractivity contribution in [3.8, 4) is 11.1 Å². The Morgan fingerprint density at radius 1 is 1.06 bits per heavy atom. The van der Waals surface area contributed by atoms with Crippen LogP contribution in [-0.4, -0.2) is 39.7 Å². The highest BCUT2D eigenvalue weighted by Crippen LogP contribution is 2.44. The van der Waals surface area contributed by atoms with Crippen LogP contribution in [0.2, 0.25) is 0 Å². The lowest BCUT2D eigenvalue weighted by atomic mass is 9.93. The van der Waals surface area contributed by atoms with Gasteiger partial charge in [-0.15, -0.1) is 0 Å². The summed E-state index contributed by atoms with van der Waals surface area (Å²) < 4.78 is 19.1. The Hall–Kier alpha value is -3.74. The summed E-state index contributed by atoms with van der Waals surface area (Å²) >= 11 is 0. The molecular formula is C26H25FN2O4. The van der Waals surface area contributed by atoms with Crippen molar-refractivity contribution in [1.29, 1.82) is 0 Å². The normalized spacial score (nSPS) is 14.3. The van der Waals surface area contributed by atoms with Crippen molar-refractivity contribution in [3.05, 3.63) is 89.5 Å². The van der Waals surface area contributed by atoms with E-state index in [2.05, 4.69) is 4.98 Å². The summed E-state index contributed by atoms with van der Waals surface area (Å²) in [6, 6.07) is 17.8. The number of hydrogen-bond acceptors (Lipinski definition) is 4. The lowest BCUT2D eigenvalue weighted by Crippen LogP contribution is -2.56. The lowest BCUT2D eigenvalue weighted by molar-refractivity contribution is -0.151. The molecule has 170 valence electrons. The van der Waals surface area contributed by atoms with Crippen LogP contribution < -0.4 is 0 Å². The number of rotatable bonds is 6. The number of aromatic nitrogens is 1. The van der Waals surface area contributed by atoms with Crippen LogP contribution in [-0.2, 0) is 15.1 Å². The summed E-state index contributed by atoms with van der Waals surface area (Å²) in [6.07, 6.45) is 0.162. The first-order valence-corrected chi connectivity index (χ1v) is 10.7. The molecule has 0 bridgehead atoms. The molecule has 1 N–H and O–H groups in total. The third-order valence-corrected chi connectivity index (χ3v) is 6.17. The number of nitrogens with zero attached hydrogens (tertiary/aromatic N) is 2. The Bertz CT molecular complexity index is 1150. The first-order valence-electron chi connectivity index (χ1n) is 10.7. The van der Waals surface area contributed by atoms with Gasteiger partial charge < -0.3 is 9.84 Å². The van der Waals surface area contributed by atoms with Crippen LogP contribution in [0.4, 0.5) is 9.18 Å². The van der Waals surface area contributed by atoms with E-state index in [0.717, 1.165) is 39.4 Å². The summed E-state index contributed by atoms with van der Waals surface area (Å²) in [6.45, 7) is 4.83. The van der Waals surface area contributed by atoms with Gasteiger partial charge in [-0.05, 0) is 55.2 Å².